The van der Waals surface area contributed by atoms with Gasteiger partial charge in [-0.05, 0) is 49.1 Å². The lowest BCUT2D eigenvalue weighted by Gasteiger charge is -2.30. The monoisotopic (exact) mass is 417 g/mol. The predicted octanol–water partition coefficient (Wildman–Crippen LogP) is 2.60. The van der Waals surface area contributed by atoms with E-state index >= 15 is 0 Å². The van der Waals surface area contributed by atoms with E-state index in [4.69, 9.17) is 10.5 Å². The van der Waals surface area contributed by atoms with Crippen molar-refractivity contribution in [2.75, 3.05) is 11.1 Å². The molecule has 1 saturated carbocycles. The number of nitrogens with two attached hydrogens (primary N) is 1. The van der Waals surface area contributed by atoms with Crippen LogP contribution in [0.2, 0.25) is 0 Å². The van der Waals surface area contributed by atoms with Crippen LogP contribution in [0.25, 0.3) is 22.4 Å². The summed E-state index contributed by atoms with van der Waals surface area (Å²) in [6.45, 7) is 0. The van der Waals surface area contributed by atoms with Gasteiger partial charge >= 0.3 is 0 Å². The van der Waals surface area contributed by atoms with Crippen LogP contribution in [-0.2, 0) is 7.05 Å². The summed E-state index contributed by atoms with van der Waals surface area (Å²) < 4.78 is 6.27. The van der Waals surface area contributed by atoms with Gasteiger partial charge in [-0.3, -0.25) is 4.98 Å². The Balaban J connectivity index is 1.19. The molecule has 0 spiro atoms. The van der Waals surface area contributed by atoms with Gasteiger partial charge in [0.15, 0.2) is 0 Å². The minimum absolute atomic E-state index is 0.128. The van der Waals surface area contributed by atoms with E-state index in [9.17, 15) is 0 Å². The Morgan fingerprint density at radius 2 is 1.90 bits per heavy atom. The first-order valence-corrected chi connectivity index (χ1v) is 10.3. The normalized spacial score (nSPS) is 18.7. The molecule has 0 amide bonds. The topological polar surface area (TPSA) is 130 Å². The van der Waals surface area contributed by atoms with Crippen molar-refractivity contribution < 1.29 is 4.74 Å². The third-order valence-electron chi connectivity index (χ3n) is 5.41. The molecule has 3 aromatic heterocycles. The molecule has 0 saturated heterocycles. The SMILES string of the molecule is Cn1nnc(-c2ccc(NC3CCC(Oc4cc(N)cc5nccnc45)CC3)nc2)n1. The van der Waals surface area contributed by atoms with E-state index in [-0.39, 0.29) is 6.10 Å². The number of nitrogens with zero attached hydrogens (tertiary/aromatic N) is 7. The summed E-state index contributed by atoms with van der Waals surface area (Å²) in [5, 5.41) is 15.6. The summed E-state index contributed by atoms with van der Waals surface area (Å²) in [4.78, 5) is 14.7. The number of hydrogen-bond acceptors (Lipinski definition) is 9. The molecule has 4 aromatic rings. The number of tetrazole rings is 1. The summed E-state index contributed by atoms with van der Waals surface area (Å²) in [5.41, 5.74) is 8.98. The summed E-state index contributed by atoms with van der Waals surface area (Å²) in [5.74, 6) is 2.11. The third-order valence-corrected chi connectivity index (χ3v) is 5.41. The molecular formula is C21H23N9O. The number of pyridine rings is 1. The van der Waals surface area contributed by atoms with Crippen molar-refractivity contribution in [3.05, 3.63) is 42.9 Å². The van der Waals surface area contributed by atoms with Crippen LogP contribution in [-0.4, -0.2) is 47.3 Å². The number of hydrogen-bond donors (Lipinski definition) is 2. The van der Waals surface area contributed by atoms with Crippen molar-refractivity contribution >= 4 is 22.5 Å². The Labute approximate surface area is 178 Å². The predicted molar refractivity (Wildman–Crippen MR) is 116 cm³/mol. The van der Waals surface area contributed by atoms with E-state index in [0.717, 1.165) is 48.1 Å². The fraction of sp³-hybridized carbons (Fsp3) is 0.333. The molecule has 31 heavy (non-hydrogen) atoms. The lowest BCUT2D eigenvalue weighted by molar-refractivity contribution is 0.152. The van der Waals surface area contributed by atoms with Gasteiger partial charge in [0.05, 0.1) is 18.7 Å². The number of nitrogens with one attached hydrogen (secondary N) is 1. The molecule has 10 nitrogen and oxygen atoms in total. The van der Waals surface area contributed by atoms with E-state index < -0.39 is 0 Å². The second-order valence-corrected chi connectivity index (χ2v) is 7.71. The van der Waals surface area contributed by atoms with Crippen molar-refractivity contribution in [2.45, 2.75) is 37.8 Å². The molecule has 5 rings (SSSR count). The average Bonchev–Trinajstić information content (AvgIpc) is 3.22. The van der Waals surface area contributed by atoms with Crippen LogP contribution in [0.5, 0.6) is 5.75 Å². The molecule has 0 bridgehead atoms. The second-order valence-electron chi connectivity index (χ2n) is 7.71. The third kappa shape index (κ3) is 4.23. The van der Waals surface area contributed by atoms with Crippen LogP contribution < -0.4 is 15.8 Å². The Morgan fingerprint density at radius 1 is 1.06 bits per heavy atom. The zero-order valence-electron chi connectivity index (χ0n) is 17.1. The van der Waals surface area contributed by atoms with Crippen molar-refractivity contribution in [1.82, 2.24) is 35.2 Å². The Bertz CT molecular complexity index is 1180. The minimum atomic E-state index is 0.128. The standard InChI is InChI=1S/C21H23N9O/c1-30-28-21(27-29-30)13-2-7-19(25-12-13)26-15-3-5-16(6-4-15)31-18-11-14(22)10-17-20(18)24-9-8-23-17/h2,7-12,15-16H,3-6,22H2,1H3,(H,25,26). The molecule has 10 heteroatoms. The van der Waals surface area contributed by atoms with Gasteiger partial charge in [0, 0.05) is 41.9 Å². The number of aromatic nitrogens is 7. The van der Waals surface area contributed by atoms with Crippen LogP contribution >= 0.6 is 0 Å². The van der Waals surface area contributed by atoms with Gasteiger partial charge in [0.2, 0.25) is 5.82 Å². The summed E-state index contributed by atoms with van der Waals surface area (Å²) in [6, 6.07) is 7.90. The molecule has 1 fully saturated rings. The van der Waals surface area contributed by atoms with E-state index in [0.29, 0.717) is 23.3 Å². The molecule has 0 radical (unpaired) electrons. The zero-order valence-corrected chi connectivity index (χ0v) is 17.1. The molecule has 158 valence electrons. The number of aryl methyl sites for hydroxylation is 1. The highest BCUT2D eigenvalue weighted by molar-refractivity contribution is 5.84. The molecule has 1 aromatic carbocycles. The first-order valence-electron chi connectivity index (χ1n) is 10.3. The van der Waals surface area contributed by atoms with Gasteiger partial charge in [-0.1, -0.05) is 0 Å². The largest absolute Gasteiger partial charge is 0.488 e. The maximum absolute atomic E-state index is 6.27. The summed E-state index contributed by atoms with van der Waals surface area (Å²) in [6.07, 6.45) is 9.09. The fourth-order valence-electron chi connectivity index (χ4n) is 3.88. The van der Waals surface area contributed by atoms with E-state index in [1.807, 2.05) is 24.3 Å². The number of rotatable bonds is 5. The molecular weight excluding hydrogens is 394 g/mol. The zero-order chi connectivity index (χ0) is 21.2. The number of benzene rings is 1. The van der Waals surface area contributed by atoms with Gasteiger partial charge in [-0.2, -0.15) is 4.80 Å². The van der Waals surface area contributed by atoms with Gasteiger partial charge < -0.3 is 15.8 Å². The fourth-order valence-corrected chi connectivity index (χ4v) is 3.88. The van der Waals surface area contributed by atoms with Crippen LogP contribution in [0.1, 0.15) is 25.7 Å². The Hall–Kier alpha value is -3.82. The Morgan fingerprint density at radius 3 is 2.65 bits per heavy atom. The molecule has 0 unspecified atom stereocenters. The van der Waals surface area contributed by atoms with Gasteiger partial charge in [0.25, 0.3) is 0 Å². The van der Waals surface area contributed by atoms with Crippen LogP contribution in [0, 0.1) is 0 Å². The molecule has 1 aliphatic rings. The Kier molecular flexibility index (Phi) is 5.03. The van der Waals surface area contributed by atoms with Crippen LogP contribution in [0.3, 0.4) is 0 Å². The van der Waals surface area contributed by atoms with Crippen LogP contribution in [0.15, 0.2) is 42.9 Å². The van der Waals surface area contributed by atoms with E-state index in [1.54, 1.807) is 25.6 Å². The van der Waals surface area contributed by atoms with Gasteiger partial charge in [-0.15, -0.1) is 10.2 Å². The average molecular weight is 417 g/mol. The van der Waals surface area contributed by atoms with Crippen molar-refractivity contribution in [1.29, 1.82) is 0 Å². The molecule has 3 heterocycles. The first kappa shape index (κ1) is 19.2. The van der Waals surface area contributed by atoms with Crippen LogP contribution in [0.4, 0.5) is 11.5 Å². The number of nitrogen functional groups attached to an aromatic ring is 1. The van der Waals surface area contributed by atoms with Gasteiger partial charge in [0.1, 0.15) is 17.1 Å². The number of fused-ring (bicyclic) bond motifs is 1. The molecule has 1 aliphatic carbocycles. The lowest BCUT2D eigenvalue weighted by atomic mass is 9.93. The lowest BCUT2D eigenvalue weighted by Crippen LogP contribution is -2.31. The smallest absolute Gasteiger partial charge is 0.206 e. The first-order chi connectivity index (χ1) is 15.1. The maximum atomic E-state index is 6.27. The quantitative estimate of drug-likeness (QED) is 0.471. The van der Waals surface area contributed by atoms with Gasteiger partial charge in [-0.25, -0.2) is 9.97 Å². The molecule has 0 aliphatic heterocycles. The minimum Gasteiger partial charge on any atom is -0.488 e. The summed E-state index contributed by atoms with van der Waals surface area (Å²) in [7, 11) is 1.74. The van der Waals surface area contributed by atoms with Crippen molar-refractivity contribution in [2.24, 2.45) is 7.05 Å². The molecule has 3 N–H and O–H groups in total. The number of anilines is 2. The van der Waals surface area contributed by atoms with E-state index in [2.05, 4.69) is 35.7 Å². The van der Waals surface area contributed by atoms with Crippen molar-refractivity contribution in [3.8, 4) is 17.1 Å². The highest BCUT2D eigenvalue weighted by atomic mass is 16.5. The maximum Gasteiger partial charge on any atom is 0.206 e. The highest BCUT2D eigenvalue weighted by Gasteiger charge is 2.23. The van der Waals surface area contributed by atoms with Crippen molar-refractivity contribution in [3.63, 3.8) is 0 Å². The van der Waals surface area contributed by atoms with E-state index in [1.165, 1.54) is 4.80 Å². The second kappa shape index (κ2) is 8.13. The number of ether oxygens (including phenoxy) is 1. The highest BCUT2D eigenvalue weighted by Crippen LogP contribution is 2.30. The summed E-state index contributed by atoms with van der Waals surface area (Å²) >= 11 is 0. The molecule has 0 atom stereocenters.